The maximum absolute atomic E-state index is 5.90. The highest BCUT2D eigenvalue weighted by Gasteiger charge is 2.09. The molecule has 0 saturated heterocycles. The van der Waals surface area contributed by atoms with Crippen LogP contribution in [0.25, 0.3) is 11.3 Å². The van der Waals surface area contributed by atoms with Crippen LogP contribution in [0.1, 0.15) is 16.8 Å². The number of hydrogen-bond donors (Lipinski definition) is 0. The van der Waals surface area contributed by atoms with E-state index in [2.05, 4.69) is 16.0 Å². The van der Waals surface area contributed by atoms with E-state index in [0.717, 1.165) is 33.8 Å². The van der Waals surface area contributed by atoms with E-state index >= 15 is 0 Å². The van der Waals surface area contributed by atoms with Crippen LogP contribution in [0.4, 0.5) is 0 Å². The van der Waals surface area contributed by atoms with Crippen molar-refractivity contribution < 1.29 is 4.74 Å². The first-order chi connectivity index (χ1) is 8.51. The maximum atomic E-state index is 5.90. The molecule has 0 bridgehead atoms. The molecule has 0 amide bonds. The second-order valence-corrected chi connectivity index (χ2v) is 4.64. The number of nitrogens with zero attached hydrogens (tertiary/aromatic N) is 2. The molecule has 1 heterocycles. The van der Waals surface area contributed by atoms with Crippen LogP contribution in [-0.4, -0.2) is 17.1 Å². The fourth-order valence-corrected chi connectivity index (χ4v) is 2.18. The minimum Gasteiger partial charge on any atom is -0.496 e. The highest BCUT2D eigenvalue weighted by molar-refractivity contribution is 6.28. The molecule has 4 heteroatoms. The van der Waals surface area contributed by atoms with Gasteiger partial charge in [0.25, 0.3) is 0 Å². The number of aryl methyl sites for hydroxylation is 3. The highest BCUT2D eigenvalue weighted by Crippen LogP contribution is 2.29. The average molecular weight is 263 g/mol. The van der Waals surface area contributed by atoms with Crippen LogP contribution in [0, 0.1) is 20.8 Å². The Morgan fingerprint density at radius 3 is 2.33 bits per heavy atom. The third kappa shape index (κ3) is 2.46. The molecular formula is C14H15ClN2O. The van der Waals surface area contributed by atoms with Crippen LogP contribution in [-0.2, 0) is 0 Å². The number of hydrogen-bond acceptors (Lipinski definition) is 3. The van der Waals surface area contributed by atoms with Gasteiger partial charge in [-0.05, 0) is 61.7 Å². The molecular weight excluding hydrogens is 248 g/mol. The monoisotopic (exact) mass is 262 g/mol. The normalized spacial score (nSPS) is 10.5. The lowest BCUT2D eigenvalue weighted by Gasteiger charge is -2.11. The molecule has 1 aromatic carbocycles. The Hall–Kier alpha value is -1.61. The quantitative estimate of drug-likeness (QED) is 0.774. The van der Waals surface area contributed by atoms with E-state index in [1.54, 1.807) is 7.11 Å². The molecule has 0 aliphatic carbocycles. The van der Waals surface area contributed by atoms with Crippen molar-refractivity contribution in [2.75, 3.05) is 7.11 Å². The highest BCUT2D eigenvalue weighted by atomic mass is 35.5. The third-order valence-electron chi connectivity index (χ3n) is 2.84. The van der Waals surface area contributed by atoms with E-state index in [4.69, 9.17) is 16.3 Å². The molecule has 0 N–H and O–H groups in total. The molecule has 2 rings (SSSR count). The van der Waals surface area contributed by atoms with Crippen molar-refractivity contribution in [3.8, 4) is 17.0 Å². The summed E-state index contributed by atoms with van der Waals surface area (Å²) >= 11 is 5.90. The lowest BCUT2D eigenvalue weighted by atomic mass is 10.0. The van der Waals surface area contributed by atoms with Crippen LogP contribution >= 0.6 is 11.6 Å². The van der Waals surface area contributed by atoms with Gasteiger partial charge in [-0.1, -0.05) is 0 Å². The Balaban J connectivity index is 2.60. The van der Waals surface area contributed by atoms with E-state index in [-0.39, 0.29) is 5.28 Å². The Bertz CT molecular complexity index is 576. The van der Waals surface area contributed by atoms with E-state index in [0.29, 0.717) is 0 Å². The van der Waals surface area contributed by atoms with Gasteiger partial charge >= 0.3 is 0 Å². The Morgan fingerprint density at radius 2 is 1.72 bits per heavy atom. The van der Waals surface area contributed by atoms with Gasteiger partial charge in [0.2, 0.25) is 5.28 Å². The zero-order valence-electron chi connectivity index (χ0n) is 10.9. The smallest absolute Gasteiger partial charge is 0.223 e. The molecule has 0 spiro atoms. The van der Waals surface area contributed by atoms with Gasteiger partial charge in [0.15, 0.2) is 0 Å². The minimum atomic E-state index is 0.276. The number of rotatable bonds is 2. The van der Waals surface area contributed by atoms with Crippen molar-refractivity contribution in [1.82, 2.24) is 9.97 Å². The molecule has 0 saturated carbocycles. The molecule has 0 atom stereocenters. The van der Waals surface area contributed by atoms with Crippen LogP contribution in [0.3, 0.4) is 0 Å². The largest absolute Gasteiger partial charge is 0.496 e. The van der Waals surface area contributed by atoms with Crippen molar-refractivity contribution in [3.05, 3.63) is 40.3 Å². The molecule has 3 nitrogen and oxygen atoms in total. The maximum Gasteiger partial charge on any atom is 0.223 e. The molecule has 1 aromatic heterocycles. The molecule has 94 valence electrons. The summed E-state index contributed by atoms with van der Waals surface area (Å²) in [6.45, 7) is 5.95. The zero-order chi connectivity index (χ0) is 13.3. The van der Waals surface area contributed by atoms with Crippen LogP contribution in [0.15, 0.2) is 18.2 Å². The van der Waals surface area contributed by atoms with Gasteiger partial charge in [-0.25, -0.2) is 9.97 Å². The Labute approximate surface area is 112 Å². The summed E-state index contributed by atoms with van der Waals surface area (Å²) in [6.07, 6.45) is 0. The molecule has 0 aliphatic heterocycles. The van der Waals surface area contributed by atoms with E-state index in [1.165, 1.54) is 0 Å². The summed E-state index contributed by atoms with van der Waals surface area (Å²) in [4.78, 5) is 8.35. The molecule has 18 heavy (non-hydrogen) atoms. The number of halogens is 1. The summed E-state index contributed by atoms with van der Waals surface area (Å²) < 4.78 is 5.31. The number of aromatic nitrogens is 2. The van der Waals surface area contributed by atoms with Crippen molar-refractivity contribution in [2.24, 2.45) is 0 Å². The molecule has 0 radical (unpaired) electrons. The molecule has 2 aromatic rings. The van der Waals surface area contributed by atoms with Crippen molar-refractivity contribution in [3.63, 3.8) is 0 Å². The van der Waals surface area contributed by atoms with Gasteiger partial charge in [-0.2, -0.15) is 0 Å². The topological polar surface area (TPSA) is 35.0 Å². The Kier molecular flexibility index (Phi) is 3.53. The molecule has 0 fully saturated rings. The minimum absolute atomic E-state index is 0.276. The second kappa shape index (κ2) is 4.94. The summed E-state index contributed by atoms with van der Waals surface area (Å²) in [5.74, 6) is 0.883. The summed E-state index contributed by atoms with van der Waals surface area (Å²) in [7, 11) is 1.67. The number of methoxy groups -OCH3 is 1. The standard InChI is InChI=1S/C14H15ClN2O/c1-8-6-13(18-4)9(2)5-11(8)12-7-10(3)16-14(15)17-12/h5-7H,1-4H3. The molecule has 0 unspecified atom stereocenters. The van der Waals surface area contributed by atoms with Crippen LogP contribution in [0.2, 0.25) is 5.28 Å². The first-order valence-electron chi connectivity index (χ1n) is 5.68. The zero-order valence-corrected chi connectivity index (χ0v) is 11.7. The number of benzene rings is 1. The first kappa shape index (κ1) is 12.8. The van der Waals surface area contributed by atoms with Crippen molar-refractivity contribution in [1.29, 1.82) is 0 Å². The van der Waals surface area contributed by atoms with Gasteiger partial charge in [0, 0.05) is 11.3 Å². The summed E-state index contributed by atoms with van der Waals surface area (Å²) in [6, 6.07) is 6.00. The third-order valence-corrected chi connectivity index (χ3v) is 3.01. The lowest BCUT2D eigenvalue weighted by molar-refractivity contribution is 0.411. The van der Waals surface area contributed by atoms with Gasteiger partial charge in [-0.15, -0.1) is 0 Å². The molecule has 0 aliphatic rings. The van der Waals surface area contributed by atoms with Gasteiger partial charge < -0.3 is 4.74 Å². The van der Waals surface area contributed by atoms with E-state index < -0.39 is 0 Å². The lowest BCUT2D eigenvalue weighted by Crippen LogP contribution is -1.95. The second-order valence-electron chi connectivity index (χ2n) is 4.30. The first-order valence-corrected chi connectivity index (χ1v) is 6.06. The average Bonchev–Trinajstić information content (AvgIpc) is 2.30. The van der Waals surface area contributed by atoms with Crippen molar-refractivity contribution in [2.45, 2.75) is 20.8 Å². The van der Waals surface area contributed by atoms with Crippen LogP contribution < -0.4 is 4.74 Å². The van der Waals surface area contributed by atoms with Crippen molar-refractivity contribution >= 4 is 11.6 Å². The van der Waals surface area contributed by atoms with Gasteiger partial charge in [0.05, 0.1) is 12.8 Å². The predicted molar refractivity (Wildman–Crippen MR) is 73.2 cm³/mol. The SMILES string of the molecule is COc1cc(C)c(-c2cc(C)nc(Cl)n2)cc1C. The fourth-order valence-electron chi connectivity index (χ4n) is 1.96. The van der Waals surface area contributed by atoms with Gasteiger partial charge in [0.1, 0.15) is 5.75 Å². The summed E-state index contributed by atoms with van der Waals surface area (Å²) in [5, 5.41) is 0.276. The van der Waals surface area contributed by atoms with E-state index in [1.807, 2.05) is 32.9 Å². The van der Waals surface area contributed by atoms with Gasteiger partial charge in [-0.3, -0.25) is 0 Å². The summed E-state index contributed by atoms with van der Waals surface area (Å²) in [5.41, 5.74) is 4.94. The fraction of sp³-hybridized carbons (Fsp3) is 0.286. The van der Waals surface area contributed by atoms with E-state index in [9.17, 15) is 0 Å². The number of ether oxygens (including phenoxy) is 1. The predicted octanol–water partition coefficient (Wildman–Crippen LogP) is 3.73. The van der Waals surface area contributed by atoms with Crippen LogP contribution in [0.5, 0.6) is 5.75 Å². The Morgan fingerprint density at radius 1 is 1.00 bits per heavy atom.